The number of nitrogens with two attached hydrogens (primary N) is 2. The summed E-state index contributed by atoms with van der Waals surface area (Å²) in [5.41, 5.74) is 14.0. The summed E-state index contributed by atoms with van der Waals surface area (Å²) in [6, 6.07) is 14.4. The number of hydrogen-bond acceptors (Lipinski definition) is 3. The Kier molecular flexibility index (Phi) is 4.39. The van der Waals surface area contributed by atoms with Crippen LogP contribution in [0.2, 0.25) is 0 Å². The molecule has 1 aromatic heterocycles. The van der Waals surface area contributed by atoms with E-state index in [1.54, 1.807) is 0 Å². The first-order valence-corrected chi connectivity index (χ1v) is 6.69. The highest BCUT2D eigenvalue weighted by Crippen LogP contribution is 2.17. The fraction of sp³-hybridized carbons (Fsp3) is 0.312. The van der Waals surface area contributed by atoms with Crippen molar-refractivity contribution >= 4 is 11.6 Å². The van der Waals surface area contributed by atoms with Gasteiger partial charge in [-0.25, -0.2) is 4.98 Å². The Hall–Kier alpha value is -2.03. The Bertz CT molecular complexity index is 503. The van der Waals surface area contributed by atoms with Crippen LogP contribution >= 0.6 is 0 Å². The summed E-state index contributed by atoms with van der Waals surface area (Å²) in [7, 11) is 0. The normalized spacial score (nSPS) is 12.3. The maximum Gasteiger partial charge on any atom is 0.126 e. The highest BCUT2D eigenvalue weighted by molar-refractivity contribution is 5.43. The van der Waals surface area contributed by atoms with Gasteiger partial charge in [0.15, 0.2) is 0 Å². The standard InChI is InChI=1S/C16H21N3/c1-12(7-8-13-5-3-2-4-6-13)9-14-10-15(17)19-16(18)11-14/h2-6,10-12H,7-9H2,1H3,(H4,17,18,19). The zero-order chi connectivity index (χ0) is 13.7. The van der Waals surface area contributed by atoms with Gasteiger partial charge in [0.05, 0.1) is 0 Å². The maximum atomic E-state index is 5.71. The van der Waals surface area contributed by atoms with Crippen LogP contribution in [0.5, 0.6) is 0 Å². The van der Waals surface area contributed by atoms with Gasteiger partial charge in [0, 0.05) is 0 Å². The highest BCUT2D eigenvalue weighted by atomic mass is 14.9. The van der Waals surface area contributed by atoms with Gasteiger partial charge in [0.1, 0.15) is 11.6 Å². The topological polar surface area (TPSA) is 64.9 Å². The number of aromatic nitrogens is 1. The van der Waals surface area contributed by atoms with Crippen molar-refractivity contribution in [3.63, 3.8) is 0 Å². The largest absolute Gasteiger partial charge is 0.384 e. The highest BCUT2D eigenvalue weighted by Gasteiger charge is 2.06. The number of aryl methyl sites for hydroxylation is 1. The predicted octanol–water partition coefficient (Wildman–Crippen LogP) is 3.06. The third-order valence-electron chi connectivity index (χ3n) is 3.28. The molecule has 0 saturated heterocycles. The molecule has 19 heavy (non-hydrogen) atoms. The van der Waals surface area contributed by atoms with Gasteiger partial charge in [0.25, 0.3) is 0 Å². The number of anilines is 2. The van der Waals surface area contributed by atoms with Crippen LogP contribution in [0, 0.1) is 5.92 Å². The van der Waals surface area contributed by atoms with E-state index in [-0.39, 0.29) is 0 Å². The smallest absolute Gasteiger partial charge is 0.126 e. The quantitative estimate of drug-likeness (QED) is 0.863. The summed E-state index contributed by atoms with van der Waals surface area (Å²) in [5.74, 6) is 1.61. The third kappa shape index (κ3) is 4.28. The van der Waals surface area contributed by atoms with Crippen molar-refractivity contribution in [3.8, 4) is 0 Å². The van der Waals surface area contributed by atoms with E-state index in [0.717, 1.165) is 19.3 Å². The average molecular weight is 255 g/mol. The van der Waals surface area contributed by atoms with Gasteiger partial charge in [-0.3, -0.25) is 0 Å². The molecule has 4 N–H and O–H groups in total. The van der Waals surface area contributed by atoms with E-state index in [0.29, 0.717) is 17.6 Å². The maximum absolute atomic E-state index is 5.71. The Morgan fingerprint density at radius 3 is 2.26 bits per heavy atom. The average Bonchev–Trinajstić information content (AvgIpc) is 2.36. The minimum atomic E-state index is 0.505. The van der Waals surface area contributed by atoms with E-state index in [2.05, 4.69) is 42.2 Å². The summed E-state index contributed by atoms with van der Waals surface area (Å²) in [5, 5.41) is 0. The Morgan fingerprint density at radius 2 is 1.63 bits per heavy atom. The second kappa shape index (κ2) is 6.23. The van der Waals surface area contributed by atoms with Gasteiger partial charge in [-0.15, -0.1) is 0 Å². The minimum absolute atomic E-state index is 0.505. The van der Waals surface area contributed by atoms with Crippen LogP contribution < -0.4 is 11.5 Å². The van der Waals surface area contributed by atoms with Crippen molar-refractivity contribution in [2.75, 3.05) is 11.5 Å². The first kappa shape index (κ1) is 13.4. The lowest BCUT2D eigenvalue weighted by molar-refractivity contribution is 0.530. The first-order valence-electron chi connectivity index (χ1n) is 6.69. The van der Waals surface area contributed by atoms with Gasteiger partial charge in [-0.1, -0.05) is 37.3 Å². The zero-order valence-corrected chi connectivity index (χ0v) is 11.3. The molecule has 1 heterocycles. The number of nitrogens with zero attached hydrogens (tertiary/aromatic N) is 1. The van der Waals surface area contributed by atoms with E-state index in [1.807, 2.05) is 12.1 Å². The fourth-order valence-electron chi connectivity index (χ4n) is 2.32. The number of benzene rings is 1. The third-order valence-corrected chi connectivity index (χ3v) is 3.28. The van der Waals surface area contributed by atoms with Crippen LogP contribution in [0.15, 0.2) is 42.5 Å². The summed E-state index contributed by atoms with van der Waals surface area (Å²) >= 11 is 0. The summed E-state index contributed by atoms with van der Waals surface area (Å²) < 4.78 is 0. The van der Waals surface area contributed by atoms with E-state index in [9.17, 15) is 0 Å². The molecule has 2 aromatic rings. The molecule has 0 aliphatic heterocycles. The van der Waals surface area contributed by atoms with E-state index >= 15 is 0 Å². The number of pyridine rings is 1. The van der Waals surface area contributed by atoms with Gasteiger partial charge >= 0.3 is 0 Å². The number of nitrogen functional groups attached to an aromatic ring is 2. The van der Waals surface area contributed by atoms with Gasteiger partial charge in [-0.2, -0.15) is 0 Å². The molecule has 0 saturated carbocycles. The predicted molar refractivity (Wildman–Crippen MR) is 80.7 cm³/mol. The van der Waals surface area contributed by atoms with Crippen molar-refractivity contribution in [1.82, 2.24) is 4.98 Å². The van der Waals surface area contributed by atoms with Crippen LogP contribution in [0.25, 0.3) is 0 Å². The van der Waals surface area contributed by atoms with Gasteiger partial charge < -0.3 is 11.5 Å². The minimum Gasteiger partial charge on any atom is -0.384 e. The van der Waals surface area contributed by atoms with Crippen molar-refractivity contribution in [1.29, 1.82) is 0 Å². The molecule has 2 rings (SSSR count). The lowest BCUT2D eigenvalue weighted by atomic mass is 9.95. The van der Waals surface area contributed by atoms with Crippen LogP contribution in [-0.4, -0.2) is 4.98 Å². The Morgan fingerprint density at radius 1 is 1.00 bits per heavy atom. The second-order valence-corrected chi connectivity index (χ2v) is 5.16. The van der Waals surface area contributed by atoms with E-state index in [1.165, 1.54) is 11.1 Å². The van der Waals surface area contributed by atoms with E-state index < -0.39 is 0 Å². The van der Waals surface area contributed by atoms with Crippen LogP contribution in [-0.2, 0) is 12.8 Å². The lowest BCUT2D eigenvalue weighted by Gasteiger charge is -2.12. The zero-order valence-electron chi connectivity index (χ0n) is 11.3. The summed E-state index contributed by atoms with van der Waals surface area (Å²) in [6.07, 6.45) is 3.26. The molecule has 0 radical (unpaired) electrons. The van der Waals surface area contributed by atoms with Gasteiger partial charge in [0.2, 0.25) is 0 Å². The molecular formula is C16H21N3. The molecule has 1 unspecified atom stereocenters. The molecule has 0 aliphatic carbocycles. The lowest BCUT2D eigenvalue weighted by Crippen LogP contribution is -2.04. The van der Waals surface area contributed by atoms with Crippen LogP contribution in [0.1, 0.15) is 24.5 Å². The SMILES string of the molecule is CC(CCc1ccccc1)Cc1cc(N)nc(N)c1. The summed E-state index contributed by atoms with van der Waals surface area (Å²) in [6.45, 7) is 2.26. The molecular weight excluding hydrogens is 234 g/mol. The number of rotatable bonds is 5. The molecule has 0 spiro atoms. The monoisotopic (exact) mass is 255 g/mol. The molecule has 0 amide bonds. The molecule has 3 heteroatoms. The van der Waals surface area contributed by atoms with Crippen molar-refractivity contribution < 1.29 is 0 Å². The Labute approximate surface area is 114 Å². The van der Waals surface area contributed by atoms with Crippen LogP contribution in [0.3, 0.4) is 0 Å². The molecule has 0 aliphatic rings. The summed E-state index contributed by atoms with van der Waals surface area (Å²) in [4.78, 5) is 3.99. The second-order valence-electron chi connectivity index (χ2n) is 5.16. The molecule has 3 nitrogen and oxygen atoms in total. The first-order chi connectivity index (χ1) is 9.13. The van der Waals surface area contributed by atoms with Gasteiger partial charge in [-0.05, 0) is 48.4 Å². The van der Waals surface area contributed by atoms with Crippen molar-refractivity contribution in [2.24, 2.45) is 5.92 Å². The van der Waals surface area contributed by atoms with Crippen LogP contribution in [0.4, 0.5) is 11.6 Å². The molecule has 100 valence electrons. The molecule has 0 bridgehead atoms. The fourth-order valence-corrected chi connectivity index (χ4v) is 2.32. The van der Waals surface area contributed by atoms with E-state index in [4.69, 9.17) is 11.5 Å². The van der Waals surface area contributed by atoms with Crippen molar-refractivity contribution in [2.45, 2.75) is 26.2 Å². The molecule has 1 atom stereocenters. The molecule has 0 fully saturated rings. The molecule has 1 aromatic carbocycles. The van der Waals surface area contributed by atoms with Crippen molar-refractivity contribution in [3.05, 3.63) is 53.6 Å². The Balaban J connectivity index is 1.89. The number of hydrogen-bond donors (Lipinski definition) is 2.